The molecule has 3 nitrogen and oxygen atoms in total. The highest BCUT2D eigenvalue weighted by molar-refractivity contribution is 9.10. The highest BCUT2D eigenvalue weighted by Gasteiger charge is 2.13. The molecule has 0 aliphatic heterocycles. The summed E-state index contributed by atoms with van der Waals surface area (Å²) in [6.07, 6.45) is 0.902. The lowest BCUT2D eigenvalue weighted by Crippen LogP contribution is -2.41. The Hall–Kier alpha value is -0.870. The molecule has 1 unspecified atom stereocenters. The van der Waals surface area contributed by atoms with Gasteiger partial charge in [0.05, 0.1) is 0 Å². The van der Waals surface area contributed by atoms with E-state index in [1.807, 2.05) is 12.1 Å². The molecule has 17 heavy (non-hydrogen) atoms. The lowest BCUT2D eigenvalue weighted by molar-refractivity contribution is 0.0934. The lowest BCUT2D eigenvalue weighted by atomic mass is 10.0. The zero-order valence-corrected chi connectivity index (χ0v) is 11.8. The van der Waals surface area contributed by atoms with E-state index < -0.39 is 0 Å². The van der Waals surface area contributed by atoms with Crippen LogP contribution in [0, 0.1) is 5.92 Å². The summed E-state index contributed by atoms with van der Waals surface area (Å²) in [6, 6.07) is 7.35. The van der Waals surface area contributed by atoms with Crippen LogP contribution in [-0.2, 0) is 0 Å². The summed E-state index contributed by atoms with van der Waals surface area (Å²) in [7, 11) is 0. The molecule has 3 N–H and O–H groups in total. The number of amides is 1. The molecule has 0 spiro atoms. The van der Waals surface area contributed by atoms with E-state index in [0.717, 1.165) is 10.9 Å². The van der Waals surface area contributed by atoms with Crippen LogP contribution in [0.15, 0.2) is 28.7 Å². The maximum absolute atomic E-state index is 11.9. The first-order chi connectivity index (χ1) is 8.02. The van der Waals surface area contributed by atoms with Crippen LogP contribution < -0.4 is 11.1 Å². The van der Waals surface area contributed by atoms with Gasteiger partial charge in [-0.2, -0.15) is 0 Å². The molecule has 1 rings (SSSR count). The van der Waals surface area contributed by atoms with Gasteiger partial charge in [-0.25, -0.2) is 0 Å². The molecule has 0 aliphatic carbocycles. The zero-order chi connectivity index (χ0) is 12.8. The Labute approximate surface area is 111 Å². The fourth-order valence-electron chi connectivity index (χ4n) is 1.65. The monoisotopic (exact) mass is 298 g/mol. The van der Waals surface area contributed by atoms with Crippen molar-refractivity contribution in [1.29, 1.82) is 0 Å². The highest BCUT2D eigenvalue weighted by Crippen LogP contribution is 2.11. The van der Waals surface area contributed by atoms with E-state index in [1.165, 1.54) is 0 Å². The molecule has 0 fully saturated rings. The maximum Gasteiger partial charge on any atom is 0.251 e. The van der Waals surface area contributed by atoms with Crippen molar-refractivity contribution in [2.45, 2.75) is 26.3 Å². The Morgan fingerprint density at radius 1 is 1.35 bits per heavy atom. The average Bonchev–Trinajstić information content (AvgIpc) is 2.28. The number of hydrogen-bond acceptors (Lipinski definition) is 2. The molecule has 1 amide bonds. The molecule has 0 aliphatic rings. The topological polar surface area (TPSA) is 55.1 Å². The van der Waals surface area contributed by atoms with Gasteiger partial charge in [0.25, 0.3) is 5.91 Å². The standard InChI is InChI=1S/C13H19BrN2O/c1-9(2)7-12(8-15)16-13(17)10-3-5-11(14)6-4-10/h3-6,9,12H,7-8,15H2,1-2H3,(H,16,17). The van der Waals surface area contributed by atoms with Crippen LogP contribution in [0.4, 0.5) is 0 Å². The molecular formula is C13H19BrN2O. The summed E-state index contributed by atoms with van der Waals surface area (Å²) in [4.78, 5) is 11.9. The molecule has 1 aromatic rings. The van der Waals surface area contributed by atoms with Crippen molar-refractivity contribution >= 4 is 21.8 Å². The van der Waals surface area contributed by atoms with Crippen LogP contribution in [0.3, 0.4) is 0 Å². The minimum absolute atomic E-state index is 0.0474. The van der Waals surface area contributed by atoms with E-state index in [9.17, 15) is 4.79 Å². The van der Waals surface area contributed by atoms with Gasteiger partial charge in [0, 0.05) is 22.6 Å². The molecule has 0 saturated heterocycles. The first-order valence-corrected chi connectivity index (χ1v) is 6.58. The first-order valence-electron chi connectivity index (χ1n) is 5.79. The lowest BCUT2D eigenvalue weighted by Gasteiger charge is -2.18. The third-order valence-corrected chi connectivity index (χ3v) is 3.01. The SMILES string of the molecule is CC(C)CC(CN)NC(=O)c1ccc(Br)cc1. The quantitative estimate of drug-likeness (QED) is 0.878. The predicted molar refractivity (Wildman–Crippen MR) is 73.9 cm³/mol. The summed E-state index contributed by atoms with van der Waals surface area (Å²) in [6.45, 7) is 4.71. The Balaban J connectivity index is 2.61. The van der Waals surface area contributed by atoms with Crippen molar-refractivity contribution in [3.63, 3.8) is 0 Å². The Morgan fingerprint density at radius 2 is 1.94 bits per heavy atom. The predicted octanol–water partition coefficient (Wildman–Crippen LogP) is 2.55. The van der Waals surface area contributed by atoms with Crippen LogP contribution in [0.25, 0.3) is 0 Å². The summed E-state index contributed by atoms with van der Waals surface area (Å²) >= 11 is 3.34. The minimum Gasteiger partial charge on any atom is -0.348 e. The second-order valence-electron chi connectivity index (χ2n) is 4.54. The number of rotatable bonds is 5. The Morgan fingerprint density at radius 3 is 2.41 bits per heavy atom. The fraction of sp³-hybridized carbons (Fsp3) is 0.462. The van der Waals surface area contributed by atoms with Gasteiger partial charge in [-0.15, -0.1) is 0 Å². The molecule has 0 radical (unpaired) electrons. The van der Waals surface area contributed by atoms with Crippen molar-refractivity contribution in [3.05, 3.63) is 34.3 Å². The molecule has 0 aromatic heterocycles. The number of nitrogens with two attached hydrogens (primary N) is 1. The van der Waals surface area contributed by atoms with Gasteiger partial charge in [-0.05, 0) is 36.6 Å². The second-order valence-corrected chi connectivity index (χ2v) is 5.46. The highest BCUT2D eigenvalue weighted by atomic mass is 79.9. The molecule has 1 aromatic carbocycles. The number of nitrogens with one attached hydrogen (secondary N) is 1. The van der Waals surface area contributed by atoms with Crippen molar-refractivity contribution < 1.29 is 4.79 Å². The molecule has 1 atom stereocenters. The smallest absolute Gasteiger partial charge is 0.251 e. The summed E-state index contributed by atoms with van der Waals surface area (Å²) in [5.74, 6) is 0.461. The fourth-order valence-corrected chi connectivity index (χ4v) is 1.92. The summed E-state index contributed by atoms with van der Waals surface area (Å²) in [5.41, 5.74) is 6.31. The van der Waals surface area contributed by atoms with Gasteiger partial charge in [-0.3, -0.25) is 4.79 Å². The largest absolute Gasteiger partial charge is 0.348 e. The Bertz CT molecular complexity index is 362. The van der Waals surface area contributed by atoms with E-state index in [1.54, 1.807) is 12.1 Å². The van der Waals surface area contributed by atoms with E-state index in [-0.39, 0.29) is 11.9 Å². The van der Waals surface area contributed by atoms with Crippen LogP contribution in [0.1, 0.15) is 30.6 Å². The van der Waals surface area contributed by atoms with E-state index >= 15 is 0 Å². The number of carbonyl (C=O) groups is 1. The van der Waals surface area contributed by atoms with E-state index in [0.29, 0.717) is 18.0 Å². The number of halogens is 1. The van der Waals surface area contributed by atoms with E-state index in [4.69, 9.17) is 5.73 Å². The molecule has 4 heteroatoms. The van der Waals surface area contributed by atoms with Gasteiger partial charge in [0.2, 0.25) is 0 Å². The van der Waals surface area contributed by atoms with Crippen LogP contribution in [-0.4, -0.2) is 18.5 Å². The first kappa shape index (κ1) is 14.2. The summed E-state index contributed by atoms with van der Waals surface area (Å²) < 4.78 is 0.964. The molecule has 0 saturated carbocycles. The number of hydrogen-bond donors (Lipinski definition) is 2. The third-order valence-electron chi connectivity index (χ3n) is 2.48. The van der Waals surface area contributed by atoms with E-state index in [2.05, 4.69) is 35.1 Å². The van der Waals surface area contributed by atoms with Crippen LogP contribution in [0.2, 0.25) is 0 Å². The van der Waals surface area contributed by atoms with Crippen molar-refractivity contribution in [2.24, 2.45) is 11.7 Å². The molecule has 0 bridgehead atoms. The molecular weight excluding hydrogens is 280 g/mol. The Kier molecular flexibility index (Phi) is 5.65. The van der Waals surface area contributed by atoms with Crippen molar-refractivity contribution in [1.82, 2.24) is 5.32 Å². The average molecular weight is 299 g/mol. The number of carbonyl (C=O) groups excluding carboxylic acids is 1. The minimum atomic E-state index is -0.0615. The van der Waals surface area contributed by atoms with Gasteiger partial charge in [0.15, 0.2) is 0 Å². The third kappa shape index (κ3) is 4.88. The van der Waals surface area contributed by atoms with Gasteiger partial charge in [0.1, 0.15) is 0 Å². The normalized spacial score (nSPS) is 12.5. The van der Waals surface area contributed by atoms with Crippen molar-refractivity contribution in [3.8, 4) is 0 Å². The van der Waals surface area contributed by atoms with Gasteiger partial charge < -0.3 is 11.1 Å². The summed E-state index contributed by atoms with van der Waals surface area (Å²) in [5, 5.41) is 2.95. The number of benzene rings is 1. The van der Waals surface area contributed by atoms with Gasteiger partial charge >= 0.3 is 0 Å². The van der Waals surface area contributed by atoms with Gasteiger partial charge in [-0.1, -0.05) is 29.8 Å². The van der Waals surface area contributed by atoms with Crippen LogP contribution in [0.5, 0.6) is 0 Å². The second kappa shape index (κ2) is 6.77. The van der Waals surface area contributed by atoms with Crippen LogP contribution >= 0.6 is 15.9 Å². The molecule has 94 valence electrons. The van der Waals surface area contributed by atoms with Crippen molar-refractivity contribution in [2.75, 3.05) is 6.54 Å². The zero-order valence-electron chi connectivity index (χ0n) is 10.2. The maximum atomic E-state index is 11.9. The molecule has 0 heterocycles.